The first kappa shape index (κ1) is 11.7. The van der Waals surface area contributed by atoms with Crippen LogP contribution in [0, 0.1) is 5.92 Å². The molecule has 2 nitrogen and oxygen atoms in total. The van der Waals surface area contributed by atoms with Crippen molar-refractivity contribution in [2.45, 2.75) is 52.4 Å². The van der Waals surface area contributed by atoms with Crippen molar-refractivity contribution in [2.75, 3.05) is 6.61 Å². The van der Waals surface area contributed by atoms with E-state index >= 15 is 0 Å². The predicted molar refractivity (Wildman–Crippen MR) is 58.1 cm³/mol. The van der Waals surface area contributed by atoms with E-state index in [1.165, 1.54) is 0 Å². The van der Waals surface area contributed by atoms with Gasteiger partial charge in [0.2, 0.25) is 0 Å². The number of allylic oxidation sites excluding steroid dienone is 1. The highest BCUT2D eigenvalue weighted by atomic mass is 16.7. The fourth-order valence-corrected chi connectivity index (χ4v) is 1.55. The predicted octanol–water partition coefficient (Wildman–Crippen LogP) is 3.13. The first-order valence-electron chi connectivity index (χ1n) is 5.66. The van der Waals surface area contributed by atoms with Gasteiger partial charge in [0.05, 0.1) is 12.7 Å². The zero-order valence-corrected chi connectivity index (χ0v) is 9.53. The first-order chi connectivity index (χ1) is 6.74. The summed E-state index contributed by atoms with van der Waals surface area (Å²) in [4.78, 5) is 0. The number of hydrogen-bond donors (Lipinski definition) is 0. The molecule has 1 rings (SSSR count). The molecule has 0 aromatic rings. The molecule has 1 aliphatic heterocycles. The van der Waals surface area contributed by atoms with Crippen molar-refractivity contribution in [1.29, 1.82) is 0 Å². The van der Waals surface area contributed by atoms with E-state index in [1.807, 2.05) is 0 Å². The van der Waals surface area contributed by atoms with Gasteiger partial charge in [-0.05, 0) is 19.3 Å². The Balaban J connectivity index is 2.29. The molecule has 1 saturated heterocycles. The molecule has 0 aromatic heterocycles. The van der Waals surface area contributed by atoms with Crippen molar-refractivity contribution < 1.29 is 9.47 Å². The fraction of sp³-hybridized carbons (Fsp3) is 0.833. The van der Waals surface area contributed by atoms with Crippen LogP contribution in [-0.2, 0) is 9.47 Å². The zero-order valence-electron chi connectivity index (χ0n) is 9.53. The smallest absolute Gasteiger partial charge is 0.160 e. The second kappa shape index (κ2) is 6.20. The lowest BCUT2D eigenvalue weighted by molar-refractivity contribution is -0.229. The molecule has 0 unspecified atom stereocenters. The summed E-state index contributed by atoms with van der Waals surface area (Å²) in [5, 5.41) is 0. The lowest BCUT2D eigenvalue weighted by Gasteiger charge is -2.32. The standard InChI is InChI=1S/C12H22O2/c1-4-5-6-7-11-8-9-13-12(14-11)10(2)3/h5-6,10-12H,4,7-9H2,1-3H3/b6-5+/t11-,12-/m1/s1. The van der Waals surface area contributed by atoms with E-state index in [2.05, 4.69) is 32.9 Å². The Morgan fingerprint density at radius 2 is 2.14 bits per heavy atom. The van der Waals surface area contributed by atoms with Crippen molar-refractivity contribution in [3.63, 3.8) is 0 Å². The highest BCUT2D eigenvalue weighted by Gasteiger charge is 2.24. The molecular weight excluding hydrogens is 176 g/mol. The summed E-state index contributed by atoms with van der Waals surface area (Å²) >= 11 is 0. The molecular formula is C12H22O2. The van der Waals surface area contributed by atoms with Gasteiger partial charge in [-0.3, -0.25) is 0 Å². The van der Waals surface area contributed by atoms with E-state index < -0.39 is 0 Å². The van der Waals surface area contributed by atoms with Crippen LogP contribution < -0.4 is 0 Å². The monoisotopic (exact) mass is 198 g/mol. The third kappa shape index (κ3) is 3.81. The molecule has 1 aliphatic rings. The van der Waals surface area contributed by atoms with E-state index in [9.17, 15) is 0 Å². The Labute approximate surface area is 87.3 Å². The van der Waals surface area contributed by atoms with Crippen molar-refractivity contribution in [3.05, 3.63) is 12.2 Å². The van der Waals surface area contributed by atoms with Crippen LogP contribution in [0.15, 0.2) is 12.2 Å². The van der Waals surface area contributed by atoms with Crippen molar-refractivity contribution in [1.82, 2.24) is 0 Å². The Bertz CT molecular complexity index is 175. The van der Waals surface area contributed by atoms with Gasteiger partial charge >= 0.3 is 0 Å². The maximum absolute atomic E-state index is 5.82. The molecule has 0 aromatic carbocycles. The maximum atomic E-state index is 5.82. The van der Waals surface area contributed by atoms with Gasteiger partial charge in [-0.1, -0.05) is 32.9 Å². The second-order valence-electron chi connectivity index (χ2n) is 4.15. The molecule has 2 heteroatoms. The van der Waals surface area contributed by atoms with Crippen LogP contribution in [0.25, 0.3) is 0 Å². The van der Waals surface area contributed by atoms with Gasteiger partial charge in [-0.15, -0.1) is 0 Å². The number of ether oxygens (including phenoxy) is 2. The quantitative estimate of drug-likeness (QED) is 0.646. The Morgan fingerprint density at radius 1 is 1.36 bits per heavy atom. The van der Waals surface area contributed by atoms with Gasteiger partial charge in [-0.2, -0.15) is 0 Å². The third-order valence-electron chi connectivity index (χ3n) is 2.39. The molecule has 0 N–H and O–H groups in total. The molecule has 2 atom stereocenters. The van der Waals surface area contributed by atoms with Gasteiger partial charge in [0.15, 0.2) is 6.29 Å². The summed E-state index contributed by atoms with van der Waals surface area (Å²) < 4.78 is 11.4. The maximum Gasteiger partial charge on any atom is 0.160 e. The SMILES string of the molecule is CC/C=C/C[C@@H]1CCO[C@@H](C(C)C)O1. The molecule has 0 amide bonds. The normalized spacial score (nSPS) is 28.9. The van der Waals surface area contributed by atoms with Crippen molar-refractivity contribution >= 4 is 0 Å². The molecule has 82 valence electrons. The largest absolute Gasteiger partial charge is 0.352 e. The second-order valence-corrected chi connectivity index (χ2v) is 4.15. The molecule has 1 fully saturated rings. The van der Waals surface area contributed by atoms with Crippen molar-refractivity contribution in [2.24, 2.45) is 5.92 Å². The summed E-state index contributed by atoms with van der Waals surface area (Å²) in [7, 11) is 0. The minimum Gasteiger partial charge on any atom is -0.352 e. The van der Waals surface area contributed by atoms with Crippen LogP contribution in [0.1, 0.15) is 40.0 Å². The Kier molecular flexibility index (Phi) is 5.20. The highest BCUT2D eigenvalue weighted by molar-refractivity contribution is 4.84. The van der Waals surface area contributed by atoms with Crippen LogP contribution in [-0.4, -0.2) is 19.0 Å². The van der Waals surface area contributed by atoms with Gasteiger partial charge in [0, 0.05) is 5.92 Å². The first-order valence-corrected chi connectivity index (χ1v) is 5.66. The molecule has 0 bridgehead atoms. The topological polar surface area (TPSA) is 18.5 Å². The Hall–Kier alpha value is -0.340. The molecule has 1 heterocycles. The van der Waals surface area contributed by atoms with Crippen molar-refractivity contribution in [3.8, 4) is 0 Å². The summed E-state index contributed by atoms with van der Waals surface area (Å²) in [5.41, 5.74) is 0. The van der Waals surface area contributed by atoms with Crippen LogP contribution >= 0.6 is 0 Å². The van der Waals surface area contributed by atoms with Gasteiger partial charge < -0.3 is 9.47 Å². The number of rotatable bonds is 4. The average Bonchev–Trinajstić information content (AvgIpc) is 2.19. The lowest BCUT2D eigenvalue weighted by Crippen LogP contribution is -2.35. The van der Waals surface area contributed by atoms with E-state index in [4.69, 9.17) is 9.47 Å². The third-order valence-corrected chi connectivity index (χ3v) is 2.39. The molecule has 0 spiro atoms. The minimum atomic E-state index is 0.00350. The summed E-state index contributed by atoms with van der Waals surface area (Å²) in [6.45, 7) is 7.26. The Morgan fingerprint density at radius 3 is 2.79 bits per heavy atom. The summed E-state index contributed by atoms with van der Waals surface area (Å²) in [6, 6.07) is 0. The van der Waals surface area contributed by atoms with E-state index in [0.29, 0.717) is 12.0 Å². The van der Waals surface area contributed by atoms with Crippen LogP contribution in [0.5, 0.6) is 0 Å². The molecule has 14 heavy (non-hydrogen) atoms. The van der Waals surface area contributed by atoms with Gasteiger partial charge in [0.25, 0.3) is 0 Å². The number of hydrogen-bond acceptors (Lipinski definition) is 2. The average molecular weight is 198 g/mol. The van der Waals surface area contributed by atoms with Crippen LogP contribution in [0.2, 0.25) is 0 Å². The summed E-state index contributed by atoms with van der Waals surface area (Å²) in [5.74, 6) is 0.452. The van der Waals surface area contributed by atoms with Gasteiger partial charge in [-0.25, -0.2) is 0 Å². The van der Waals surface area contributed by atoms with E-state index in [1.54, 1.807) is 0 Å². The van der Waals surface area contributed by atoms with Gasteiger partial charge in [0.1, 0.15) is 0 Å². The van der Waals surface area contributed by atoms with Crippen LogP contribution in [0.3, 0.4) is 0 Å². The van der Waals surface area contributed by atoms with Crippen LogP contribution in [0.4, 0.5) is 0 Å². The molecule has 0 saturated carbocycles. The fourth-order valence-electron chi connectivity index (χ4n) is 1.55. The van der Waals surface area contributed by atoms with E-state index in [-0.39, 0.29) is 6.29 Å². The molecule has 0 aliphatic carbocycles. The zero-order chi connectivity index (χ0) is 10.4. The summed E-state index contributed by atoms with van der Waals surface area (Å²) in [6.07, 6.45) is 7.94. The van der Waals surface area contributed by atoms with E-state index in [0.717, 1.165) is 25.9 Å². The minimum absolute atomic E-state index is 0.00350. The molecule has 0 radical (unpaired) electrons. The lowest BCUT2D eigenvalue weighted by atomic mass is 10.1. The highest BCUT2D eigenvalue weighted by Crippen LogP contribution is 2.20.